The lowest BCUT2D eigenvalue weighted by Crippen LogP contribution is -2.11. The summed E-state index contributed by atoms with van der Waals surface area (Å²) in [4.78, 5) is 12.4. The number of carbonyl (C=O) groups excluding carboxylic acids is 1. The summed E-state index contributed by atoms with van der Waals surface area (Å²) in [7, 11) is 1.58. The molecule has 0 aliphatic carbocycles. The lowest BCUT2D eigenvalue weighted by molar-refractivity contribution is -0.120. The number of aromatic hydroxyl groups is 1. The molecule has 4 aromatic rings. The van der Waals surface area contributed by atoms with Crippen LogP contribution in [0.15, 0.2) is 83.0 Å². The van der Waals surface area contributed by atoms with Gasteiger partial charge in [0.2, 0.25) is 5.88 Å². The SMILES string of the molecule is COc1ccccc1OCCn1c(O)c(N=NC(=O)COc2ccc(C(C)(C)C)cc2)c2ccccc21. The fourth-order valence-electron chi connectivity index (χ4n) is 3.91. The fourth-order valence-corrected chi connectivity index (χ4v) is 3.91. The lowest BCUT2D eigenvalue weighted by atomic mass is 9.87. The van der Waals surface area contributed by atoms with Crippen molar-refractivity contribution in [2.45, 2.75) is 32.7 Å². The van der Waals surface area contributed by atoms with Gasteiger partial charge in [0.05, 0.1) is 19.2 Å². The molecule has 1 N–H and O–H groups in total. The lowest BCUT2D eigenvalue weighted by Gasteiger charge is -2.19. The van der Waals surface area contributed by atoms with Crippen LogP contribution in [0.25, 0.3) is 10.9 Å². The molecule has 0 spiro atoms. The summed E-state index contributed by atoms with van der Waals surface area (Å²) in [5.41, 5.74) is 2.17. The zero-order chi connectivity index (χ0) is 26.4. The van der Waals surface area contributed by atoms with Gasteiger partial charge in [0.1, 0.15) is 12.4 Å². The maximum Gasteiger partial charge on any atom is 0.302 e. The summed E-state index contributed by atoms with van der Waals surface area (Å²) in [6.07, 6.45) is 0. The Morgan fingerprint density at radius 2 is 1.59 bits per heavy atom. The molecule has 0 bridgehead atoms. The number of hydrogen-bond acceptors (Lipinski definition) is 6. The third kappa shape index (κ3) is 6.09. The van der Waals surface area contributed by atoms with E-state index in [1.54, 1.807) is 11.7 Å². The van der Waals surface area contributed by atoms with E-state index >= 15 is 0 Å². The second-order valence-electron chi connectivity index (χ2n) is 9.50. The maximum atomic E-state index is 12.4. The molecule has 0 saturated carbocycles. The van der Waals surface area contributed by atoms with Crippen molar-refractivity contribution in [1.82, 2.24) is 4.57 Å². The average Bonchev–Trinajstić information content (AvgIpc) is 3.16. The molecule has 37 heavy (non-hydrogen) atoms. The number of fused-ring (bicyclic) bond motifs is 1. The smallest absolute Gasteiger partial charge is 0.302 e. The van der Waals surface area contributed by atoms with Crippen molar-refractivity contribution in [3.05, 3.63) is 78.4 Å². The van der Waals surface area contributed by atoms with E-state index in [9.17, 15) is 9.90 Å². The predicted molar refractivity (Wildman–Crippen MR) is 142 cm³/mol. The van der Waals surface area contributed by atoms with E-state index in [4.69, 9.17) is 14.2 Å². The quantitative estimate of drug-likeness (QED) is 0.267. The Bertz CT molecular complexity index is 1400. The molecular formula is C29H31N3O5. The van der Waals surface area contributed by atoms with Crippen molar-refractivity contribution in [3.63, 3.8) is 0 Å². The van der Waals surface area contributed by atoms with Gasteiger partial charge in [-0.2, -0.15) is 0 Å². The molecule has 8 nitrogen and oxygen atoms in total. The normalized spacial score (nSPS) is 11.7. The Hall–Kier alpha value is -4.33. The molecule has 4 rings (SSSR count). The van der Waals surface area contributed by atoms with E-state index in [0.717, 1.165) is 5.52 Å². The van der Waals surface area contributed by atoms with Crippen LogP contribution in [0.3, 0.4) is 0 Å². The molecule has 0 saturated heterocycles. The second kappa shape index (κ2) is 11.2. The van der Waals surface area contributed by atoms with E-state index in [1.165, 1.54) is 5.56 Å². The van der Waals surface area contributed by atoms with Gasteiger partial charge in [-0.15, -0.1) is 10.2 Å². The molecule has 1 heterocycles. The summed E-state index contributed by atoms with van der Waals surface area (Å²) < 4.78 is 18.4. The summed E-state index contributed by atoms with van der Waals surface area (Å²) in [6.45, 7) is 6.77. The molecule has 1 aromatic heterocycles. The number of azo groups is 1. The molecule has 8 heteroatoms. The van der Waals surface area contributed by atoms with Gasteiger partial charge in [0.25, 0.3) is 0 Å². The summed E-state index contributed by atoms with van der Waals surface area (Å²) >= 11 is 0. The first-order chi connectivity index (χ1) is 17.8. The van der Waals surface area contributed by atoms with Crippen molar-refractivity contribution in [2.24, 2.45) is 10.2 Å². The summed E-state index contributed by atoms with van der Waals surface area (Å²) in [5.74, 6) is 1.16. The van der Waals surface area contributed by atoms with Gasteiger partial charge in [-0.25, -0.2) is 0 Å². The molecule has 0 radical (unpaired) electrons. The van der Waals surface area contributed by atoms with Crippen LogP contribution in [0.2, 0.25) is 0 Å². The number of ether oxygens (including phenoxy) is 3. The van der Waals surface area contributed by atoms with Crippen LogP contribution in [0.4, 0.5) is 5.69 Å². The molecule has 1 amide bonds. The van der Waals surface area contributed by atoms with E-state index in [0.29, 0.717) is 29.2 Å². The van der Waals surface area contributed by atoms with Crippen LogP contribution in [0.1, 0.15) is 26.3 Å². The molecule has 0 atom stereocenters. The summed E-state index contributed by atoms with van der Waals surface area (Å²) in [5, 5.41) is 19.4. The number of amides is 1. The van der Waals surface area contributed by atoms with E-state index in [2.05, 4.69) is 31.0 Å². The number of methoxy groups -OCH3 is 1. The predicted octanol–water partition coefficient (Wildman–Crippen LogP) is 6.42. The third-order valence-electron chi connectivity index (χ3n) is 5.90. The highest BCUT2D eigenvalue weighted by Crippen LogP contribution is 2.39. The molecule has 0 aliphatic rings. The average molecular weight is 502 g/mol. The number of carbonyl (C=O) groups is 1. The van der Waals surface area contributed by atoms with E-state index in [-0.39, 0.29) is 30.2 Å². The van der Waals surface area contributed by atoms with Gasteiger partial charge in [-0.3, -0.25) is 4.79 Å². The standard InChI is InChI=1S/C29H31N3O5/c1-29(2,3)20-13-15-21(16-14-20)37-19-26(33)30-31-27-22-9-5-6-10-23(22)32(28(27)34)17-18-36-25-12-8-7-11-24(25)35-4/h5-16,34H,17-19H2,1-4H3. The Morgan fingerprint density at radius 1 is 0.919 bits per heavy atom. The van der Waals surface area contributed by atoms with Crippen LogP contribution in [0, 0.1) is 0 Å². The first kappa shape index (κ1) is 25.8. The van der Waals surface area contributed by atoms with Gasteiger partial charge in [-0.05, 0) is 41.3 Å². The van der Waals surface area contributed by atoms with Crippen molar-refractivity contribution >= 4 is 22.5 Å². The highest BCUT2D eigenvalue weighted by Gasteiger charge is 2.17. The highest BCUT2D eigenvalue weighted by atomic mass is 16.5. The molecular weight excluding hydrogens is 470 g/mol. The minimum Gasteiger partial charge on any atom is -0.493 e. The van der Waals surface area contributed by atoms with Gasteiger partial charge in [0.15, 0.2) is 23.8 Å². The van der Waals surface area contributed by atoms with Crippen molar-refractivity contribution in [1.29, 1.82) is 0 Å². The fraction of sp³-hybridized carbons (Fsp3) is 0.276. The third-order valence-corrected chi connectivity index (χ3v) is 5.90. The van der Waals surface area contributed by atoms with E-state index < -0.39 is 5.91 Å². The Kier molecular flexibility index (Phi) is 7.77. The zero-order valence-electron chi connectivity index (χ0n) is 21.5. The Balaban J connectivity index is 1.44. The van der Waals surface area contributed by atoms with Crippen LogP contribution in [0.5, 0.6) is 23.1 Å². The minimum atomic E-state index is -0.560. The number of rotatable bonds is 9. The van der Waals surface area contributed by atoms with E-state index in [1.807, 2.05) is 72.8 Å². The number of hydrogen-bond donors (Lipinski definition) is 1. The second-order valence-corrected chi connectivity index (χ2v) is 9.50. The molecule has 0 fully saturated rings. The molecule has 0 aliphatic heterocycles. The zero-order valence-corrected chi connectivity index (χ0v) is 21.5. The molecule has 192 valence electrons. The Morgan fingerprint density at radius 3 is 2.30 bits per heavy atom. The largest absolute Gasteiger partial charge is 0.493 e. The molecule has 0 unspecified atom stereocenters. The maximum absolute atomic E-state index is 12.4. The van der Waals surface area contributed by atoms with Crippen LogP contribution < -0.4 is 14.2 Å². The summed E-state index contributed by atoms with van der Waals surface area (Å²) in [6, 6.07) is 22.4. The number of aromatic nitrogens is 1. The van der Waals surface area contributed by atoms with Gasteiger partial charge in [-0.1, -0.05) is 63.2 Å². The van der Waals surface area contributed by atoms with Crippen molar-refractivity contribution < 1.29 is 24.1 Å². The highest BCUT2D eigenvalue weighted by molar-refractivity contribution is 5.95. The minimum absolute atomic E-state index is 0.0320. The van der Waals surface area contributed by atoms with Crippen LogP contribution in [-0.4, -0.2) is 35.9 Å². The van der Waals surface area contributed by atoms with Crippen LogP contribution >= 0.6 is 0 Å². The van der Waals surface area contributed by atoms with Gasteiger partial charge < -0.3 is 23.9 Å². The van der Waals surface area contributed by atoms with Crippen molar-refractivity contribution in [2.75, 3.05) is 20.3 Å². The van der Waals surface area contributed by atoms with Crippen molar-refractivity contribution in [3.8, 4) is 23.1 Å². The number of benzene rings is 3. The first-order valence-corrected chi connectivity index (χ1v) is 12.0. The topological polar surface area (TPSA) is 94.6 Å². The number of para-hydroxylation sites is 3. The molecule has 3 aromatic carbocycles. The van der Waals surface area contributed by atoms with Gasteiger partial charge >= 0.3 is 5.91 Å². The Labute approximate surface area is 216 Å². The van der Waals surface area contributed by atoms with Crippen LogP contribution in [-0.2, 0) is 16.8 Å². The van der Waals surface area contributed by atoms with Gasteiger partial charge in [0, 0.05) is 5.39 Å². The first-order valence-electron chi connectivity index (χ1n) is 12.0. The number of nitrogens with zero attached hydrogens (tertiary/aromatic N) is 3. The monoisotopic (exact) mass is 501 g/mol.